The molecule has 0 unspecified atom stereocenters. The van der Waals surface area contributed by atoms with Gasteiger partial charge in [0.05, 0.1) is 0 Å². The molecule has 0 N–H and O–H groups in total. The van der Waals surface area contributed by atoms with E-state index >= 15 is 0 Å². The zero-order chi connectivity index (χ0) is 83.8. The summed E-state index contributed by atoms with van der Waals surface area (Å²) in [5.41, 5.74) is 16.0. The van der Waals surface area contributed by atoms with E-state index in [0.29, 0.717) is 23.7 Å². The van der Waals surface area contributed by atoms with Crippen molar-refractivity contribution >= 4 is 0 Å². The second-order valence-corrected chi connectivity index (χ2v) is 20.8. The smallest absolute Gasteiger partial charge is 0.0339 e. The van der Waals surface area contributed by atoms with Gasteiger partial charge in [0.25, 0.3) is 0 Å². The molecule has 0 heteroatoms. The highest BCUT2D eigenvalue weighted by Crippen LogP contribution is 2.35. The fourth-order valence-corrected chi connectivity index (χ4v) is 10.1. The molecule has 0 saturated heterocycles. The van der Waals surface area contributed by atoms with Gasteiger partial charge in [0, 0.05) is 23.7 Å². The highest BCUT2D eigenvalue weighted by molar-refractivity contribution is 5.47. The van der Waals surface area contributed by atoms with Crippen molar-refractivity contribution in [2.24, 2.45) is 0 Å². The summed E-state index contributed by atoms with van der Waals surface area (Å²) in [5, 5.41) is 0. The summed E-state index contributed by atoms with van der Waals surface area (Å²) < 4.78 is 0. The van der Waals surface area contributed by atoms with Crippen molar-refractivity contribution < 1.29 is 0 Å². The molecule has 0 fully saturated rings. The van der Waals surface area contributed by atoms with Crippen molar-refractivity contribution in [3.8, 4) is 0 Å². The Morgan fingerprint density at radius 1 is 0.110 bits per heavy atom. The molecule has 12 rings (SSSR count). The van der Waals surface area contributed by atoms with Crippen molar-refractivity contribution in [2.45, 2.75) is 251 Å². The number of hydrogen-bond donors (Lipinski definition) is 0. The van der Waals surface area contributed by atoms with Crippen molar-refractivity contribution in [1.29, 1.82) is 0 Å². The van der Waals surface area contributed by atoms with Crippen LogP contribution in [0.25, 0.3) is 0 Å². The Bertz CT molecular complexity index is 2600. The van der Waals surface area contributed by atoms with Gasteiger partial charge in [-0.1, -0.05) is 591 Å². The summed E-state index contributed by atoms with van der Waals surface area (Å²) in [5.74, 6) is 1.24. The summed E-state index contributed by atoms with van der Waals surface area (Å²) in [6.45, 7) is 60.8. The molecule has 0 radical (unpaired) electrons. The Morgan fingerprint density at radius 3 is 0.202 bits per heavy atom. The van der Waals surface area contributed by atoms with Crippen LogP contribution in [0.5, 0.6) is 0 Å². The average molecular weight is 1470 g/mol. The summed E-state index contributed by atoms with van der Waals surface area (Å²) in [7, 11) is 0. The number of rotatable bonds is 12. The van der Waals surface area contributed by atoms with Crippen LogP contribution in [0.15, 0.2) is 364 Å². The van der Waals surface area contributed by atoms with E-state index in [0.717, 1.165) is 0 Å². The maximum atomic E-state index is 2.20. The molecule has 12 aromatic carbocycles. The van der Waals surface area contributed by atoms with Gasteiger partial charge in [0.1, 0.15) is 0 Å². The van der Waals surface area contributed by atoms with E-state index in [1.54, 1.807) is 0 Å². The molecule has 0 heterocycles. The van der Waals surface area contributed by atoms with Crippen molar-refractivity contribution in [3.63, 3.8) is 0 Å². The van der Waals surface area contributed by atoms with Crippen LogP contribution < -0.4 is 0 Å². The van der Waals surface area contributed by atoms with Crippen LogP contribution in [0.3, 0.4) is 0 Å². The molecule has 0 atom stereocenters. The summed E-state index contributed by atoms with van der Waals surface area (Å²) >= 11 is 0. The second-order valence-electron chi connectivity index (χ2n) is 20.8. The lowest BCUT2D eigenvalue weighted by Crippen LogP contribution is -2.02. The van der Waals surface area contributed by atoms with Crippen molar-refractivity contribution in [2.75, 3.05) is 0 Å². The van der Waals surface area contributed by atoms with Crippen LogP contribution in [0, 0.1) is 0 Å². The van der Waals surface area contributed by atoms with Gasteiger partial charge < -0.3 is 0 Å². The van der Waals surface area contributed by atoms with Crippen molar-refractivity contribution in [1.82, 2.24) is 0 Å². The fraction of sp³-hybridized carbons (Fsp3) is 0.339. The van der Waals surface area contributed by atoms with Gasteiger partial charge in [-0.3, -0.25) is 0 Å². The first-order valence-electron chi connectivity index (χ1n) is 42.6. The molecular formula is C109H160. The molecule has 0 aromatic heterocycles. The van der Waals surface area contributed by atoms with Gasteiger partial charge in [-0.15, -0.1) is 0 Å². The van der Waals surface area contributed by atoms with Gasteiger partial charge in [-0.2, -0.15) is 0 Å². The predicted octanol–water partition coefficient (Wildman–Crippen LogP) is 36.0. The van der Waals surface area contributed by atoms with E-state index in [2.05, 4.69) is 406 Å². The van der Waals surface area contributed by atoms with Crippen LogP contribution in [0.2, 0.25) is 0 Å². The Hall–Kier alpha value is -9.36. The Labute approximate surface area is 677 Å². The molecule has 0 saturated carbocycles. The standard InChI is InChI=1S/4C19H16.3C3H8.12C2H6/c4*1-4-10-16(11-5-1)19(17-12-6-2-7-13-17)18-14-8-3-9-15-18;3*1-3-2;12*1-2/h4*1-15,19H;3*3H2,1-2H3;12*1-2H3. The van der Waals surface area contributed by atoms with Gasteiger partial charge in [-0.25, -0.2) is 0 Å². The second kappa shape index (κ2) is 91.0. The van der Waals surface area contributed by atoms with Crippen LogP contribution in [0.4, 0.5) is 0 Å². The van der Waals surface area contributed by atoms with Crippen LogP contribution in [0.1, 0.15) is 317 Å². The normalized spacial score (nSPS) is 8.53. The molecule has 0 aliphatic heterocycles. The van der Waals surface area contributed by atoms with E-state index in [1.807, 2.05) is 166 Å². The molecule has 596 valence electrons. The molecule has 12 aromatic rings. The molecule has 109 heavy (non-hydrogen) atoms. The first kappa shape index (κ1) is 113. The van der Waals surface area contributed by atoms with E-state index in [-0.39, 0.29) is 0 Å². The zero-order valence-corrected chi connectivity index (χ0v) is 75.1. The minimum Gasteiger partial charge on any atom is -0.0683 e. The minimum absolute atomic E-state index is 0.309. The third-order valence-electron chi connectivity index (χ3n) is 13.6. The molecule has 0 bridgehead atoms. The summed E-state index contributed by atoms with van der Waals surface area (Å²) in [4.78, 5) is 0. The first-order chi connectivity index (χ1) is 54.0. The average Bonchev–Trinajstić information content (AvgIpc) is 0.847. The number of benzene rings is 12. The third-order valence-corrected chi connectivity index (χ3v) is 13.6. The van der Waals surface area contributed by atoms with E-state index in [9.17, 15) is 0 Å². The summed E-state index contributed by atoms with van der Waals surface area (Å²) in [6, 6.07) is 128. The van der Waals surface area contributed by atoms with Gasteiger partial charge in [0.15, 0.2) is 0 Å². The van der Waals surface area contributed by atoms with E-state index < -0.39 is 0 Å². The maximum Gasteiger partial charge on any atom is 0.0339 e. The lowest BCUT2D eigenvalue weighted by Gasteiger charge is -2.18. The molecule has 0 aliphatic carbocycles. The maximum absolute atomic E-state index is 2.20. The van der Waals surface area contributed by atoms with Crippen LogP contribution >= 0.6 is 0 Å². The third kappa shape index (κ3) is 50.8. The highest BCUT2D eigenvalue weighted by Gasteiger charge is 2.19. The van der Waals surface area contributed by atoms with Gasteiger partial charge in [0.2, 0.25) is 0 Å². The largest absolute Gasteiger partial charge is 0.0683 e. The Morgan fingerprint density at radius 2 is 0.156 bits per heavy atom. The predicted molar refractivity (Wildman–Crippen MR) is 505 cm³/mol. The topological polar surface area (TPSA) is 0 Å². The van der Waals surface area contributed by atoms with Gasteiger partial charge >= 0.3 is 0 Å². The Kier molecular flexibility index (Phi) is 94.3. The van der Waals surface area contributed by atoms with Crippen LogP contribution in [-0.4, -0.2) is 0 Å². The molecule has 0 spiro atoms. The fourth-order valence-electron chi connectivity index (χ4n) is 10.1. The first-order valence-corrected chi connectivity index (χ1v) is 42.6. The highest BCUT2D eigenvalue weighted by atomic mass is 14.2. The Balaban J connectivity index is -0.000000225. The molecule has 0 aliphatic rings. The quantitative estimate of drug-likeness (QED) is 0.107. The minimum atomic E-state index is 0.309. The SMILES string of the molecule is CC.CC.CC.CC.CC.CC.CC.CC.CC.CC.CC.CC.CCC.CCC.CCC.c1ccc(C(c2ccccc2)c2ccccc2)cc1.c1ccc(C(c2ccccc2)c2ccccc2)cc1.c1ccc(C(c2ccccc2)c2ccccc2)cc1.c1ccc(C(c2ccccc2)c2ccccc2)cc1. The van der Waals surface area contributed by atoms with E-state index in [4.69, 9.17) is 0 Å². The molecule has 0 nitrogen and oxygen atoms in total. The lowest BCUT2D eigenvalue weighted by molar-refractivity contribution is 0.977. The lowest BCUT2D eigenvalue weighted by atomic mass is 9.85. The molecule has 0 amide bonds. The summed E-state index contributed by atoms with van der Waals surface area (Å²) in [6.07, 6.45) is 3.75. The van der Waals surface area contributed by atoms with Crippen LogP contribution in [-0.2, 0) is 0 Å². The van der Waals surface area contributed by atoms with Crippen molar-refractivity contribution in [3.05, 3.63) is 431 Å². The number of hydrogen-bond acceptors (Lipinski definition) is 0. The monoisotopic (exact) mass is 1470 g/mol. The zero-order valence-electron chi connectivity index (χ0n) is 75.1. The van der Waals surface area contributed by atoms with E-state index in [1.165, 1.54) is 86.0 Å². The molecular weight excluding hydrogens is 1310 g/mol. The van der Waals surface area contributed by atoms with Gasteiger partial charge in [-0.05, 0) is 66.8 Å².